The number of aromatic nitrogens is 2. The molecule has 1 saturated carbocycles. The number of fused-ring (bicyclic) bond motifs is 7. The van der Waals surface area contributed by atoms with Crippen molar-refractivity contribution in [2.24, 2.45) is 0 Å². The lowest BCUT2D eigenvalue weighted by Crippen LogP contribution is -2.28. The minimum Gasteiger partial charge on any atom is -0.228 e. The Kier molecular flexibility index (Phi) is 7.77. The normalized spacial score (nSPS) is 14.2. The van der Waals surface area contributed by atoms with E-state index in [1.165, 1.54) is 98.2 Å². The van der Waals surface area contributed by atoms with Crippen LogP contribution in [0.1, 0.15) is 43.2 Å². The van der Waals surface area contributed by atoms with E-state index in [1.54, 1.807) is 0 Å². The van der Waals surface area contributed by atoms with E-state index in [-0.39, 0.29) is 5.41 Å². The number of hydrogen-bond donors (Lipinski definition) is 0. The van der Waals surface area contributed by atoms with E-state index in [0.717, 1.165) is 33.9 Å². The Morgan fingerprint density at radius 1 is 0.357 bits per heavy atom. The molecule has 0 N–H and O–H groups in total. The van der Waals surface area contributed by atoms with Crippen LogP contribution < -0.4 is 0 Å². The average molecular weight is 717 g/mol. The van der Waals surface area contributed by atoms with Gasteiger partial charge in [0.05, 0.1) is 11.4 Å². The predicted molar refractivity (Wildman–Crippen MR) is 234 cm³/mol. The van der Waals surface area contributed by atoms with Gasteiger partial charge in [0.1, 0.15) is 0 Å². The summed E-state index contributed by atoms with van der Waals surface area (Å²) < 4.78 is 0. The lowest BCUT2D eigenvalue weighted by Gasteiger charge is -2.36. The summed E-state index contributed by atoms with van der Waals surface area (Å²) in [6.07, 6.45) is 6.20. The summed E-state index contributed by atoms with van der Waals surface area (Å²) in [5.41, 5.74) is 15.7. The highest BCUT2D eigenvalue weighted by Gasteiger charge is 2.45. The molecule has 56 heavy (non-hydrogen) atoms. The molecule has 2 nitrogen and oxygen atoms in total. The number of benzene rings is 8. The molecule has 266 valence electrons. The third-order valence-electron chi connectivity index (χ3n) is 12.5. The van der Waals surface area contributed by atoms with Gasteiger partial charge in [-0.2, -0.15) is 0 Å². The Labute approximate surface area is 328 Å². The fraction of sp³-hybridized carbons (Fsp3) is 0.111. The molecular weight excluding hydrogens is 677 g/mol. The SMILES string of the molecule is c1ccc(-c2cccc(-c3cc(-c4ccc5ccccc5c4-c4cccc5c4-c4cc6ccccc6cc4C54CCCCC4)nc(-c4ccccc4)n3)c2)cc1. The molecule has 1 aromatic heterocycles. The molecule has 1 spiro atoms. The molecule has 2 heteroatoms. The number of rotatable bonds is 5. The van der Waals surface area contributed by atoms with Crippen molar-refractivity contribution in [3.05, 3.63) is 193 Å². The van der Waals surface area contributed by atoms with Crippen molar-refractivity contribution in [2.45, 2.75) is 37.5 Å². The van der Waals surface area contributed by atoms with Crippen molar-refractivity contribution < 1.29 is 0 Å². The molecule has 0 amide bonds. The number of nitrogens with zero attached hydrogens (tertiary/aromatic N) is 2. The topological polar surface area (TPSA) is 25.8 Å². The van der Waals surface area contributed by atoms with Crippen LogP contribution in [-0.4, -0.2) is 9.97 Å². The summed E-state index contributed by atoms with van der Waals surface area (Å²) in [5, 5.41) is 5.08. The Bertz CT molecular complexity index is 2940. The van der Waals surface area contributed by atoms with E-state index >= 15 is 0 Å². The second kappa shape index (κ2) is 13.3. The maximum atomic E-state index is 5.42. The van der Waals surface area contributed by atoms with Gasteiger partial charge in [-0.05, 0) is 103 Å². The van der Waals surface area contributed by atoms with E-state index < -0.39 is 0 Å². The maximum Gasteiger partial charge on any atom is 0.160 e. The molecule has 2 aliphatic carbocycles. The van der Waals surface area contributed by atoms with Crippen LogP contribution in [0.15, 0.2) is 182 Å². The summed E-state index contributed by atoms with van der Waals surface area (Å²) in [7, 11) is 0. The predicted octanol–water partition coefficient (Wildman–Crippen LogP) is 14.3. The molecule has 0 saturated heterocycles. The van der Waals surface area contributed by atoms with Gasteiger partial charge < -0.3 is 0 Å². The quantitative estimate of drug-likeness (QED) is 0.177. The van der Waals surface area contributed by atoms with Crippen molar-refractivity contribution in [3.63, 3.8) is 0 Å². The third-order valence-corrected chi connectivity index (χ3v) is 12.5. The molecule has 0 aliphatic heterocycles. The highest BCUT2D eigenvalue weighted by atomic mass is 14.9. The van der Waals surface area contributed by atoms with Crippen LogP contribution in [0.5, 0.6) is 0 Å². The molecule has 0 unspecified atom stereocenters. The lowest BCUT2D eigenvalue weighted by atomic mass is 9.67. The van der Waals surface area contributed by atoms with Crippen molar-refractivity contribution in [1.29, 1.82) is 0 Å². The minimum absolute atomic E-state index is 0.0278. The fourth-order valence-electron chi connectivity index (χ4n) is 9.85. The average Bonchev–Trinajstić information content (AvgIpc) is 3.53. The van der Waals surface area contributed by atoms with Gasteiger partial charge in [0, 0.05) is 22.1 Å². The smallest absolute Gasteiger partial charge is 0.160 e. The van der Waals surface area contributed by atoms with Crippen LogP contribution in [0.2, 0.25) is 0 Å². The van der Waals surface area contributed by atoms with Crippen molar-refractivity contribution in [3.8, 4) is 67.3 Å². The van der Waals surface area contributed by atoms with Crippen LogP contribution in [0, 0.1) is 0 Å². The molecule has 9 aromatic rings. The van der Waals surface area contributed by atoms with Gasteiger partial charge in [0.2, 0.25) is 0 Å². The summed E-state index contributed by atoms with van der Waals surface area (Å²) in [6.45, 7) is 0. The largest absolute Gasteiger partial charge is 0.228 e. The van der Waals surface area contributed by atoms with Crippen molar-refractivity contribution in [2.75, 3.05) is 0 Å². The highest BCUT2D eigenvalue weighted by Crippen LogP contribution is 2.59. The molecule has 0 radical (unpaired) electrons. The van der Waals surface area contributed by atoms with E-state index in [0.29, 0.717) is 0 Å². The molecule has 1 fully saturated rings. The minimum atomic E-state index is 0.0278. The standard InChI is InChI=1S/C54H40N2/c1-4-16-36(17-5-1)39-23-14-24-42(32-39)49-35-50(56-53(55-49)38-19-6-2-7-20-38)44-29-28-37-18-10-11-25-43(37)51(44)45-26-15-27-47-52(45)46-33-40-21-8-9-22-41(40)34-48(46)54(47)30-12-3-13-31-54/h1-2,4-11,14-29,32-35H,3,12-13,30-31H2. The van der Waals surface area contributed by atoms with E-state index in [4.69, 9.17) is 9.97 Å². The zero-order valence-electron chi connectivity index (χ0n) is 31.3. The van der Waals surface area contributed by atoms with E-state index in [9.17, 15) is 0 Å². The molecule has 8 aromatic carbocycles. The lowest BCUT2D eigenvalue weighted by molar-refractivity contribution is 0.353. The van der Waals surface area contributed by atoms with Gasteiger partial charge in [-0.15, -0.1) is 0 Å². The van der Waals surface area contributed by atoms with Crippen LogP contribution >= 0.6 is 0 Å². The fourth-order valence-corrected chi connectivity index (χ4v) is 9.85. The summed E-state index contributed by atoms with van der Waals surface area (Å²) in [5.74, 6) is 0.721. The number of hydrogen-bond acceptors (Lipinski definition) is 2. The highest BCUT2D eigenvalue weighted by molar-refractivity contribution is 6.09. The van der Waals surface area contributed by atoms with Gasteiger partial charge >= 0.3 is 0 Å². The van der Waals surface area contributed by atoms with Gasteiger partial charge in [-0.1, -0.05) is 177 Å². The Morgan fingerprint density at radius 2 is 1.00 bits per heavy atom. The summed E-state index contributed by atoms with van der Waals surface area (Å²) in [4.78, 5) is 10.7. The van der Waals surface area contributed by atoms with E-state index in [1.807, 2.05) is 0 Å². The Balaban J connectivity index is 1.19. The molecule has 2 aliphatic rings. The Hall–Kier alpha value is -6.64. The maximum absolute atomic E-state index is 5.42. The van der Waals surface area contributed by atoms with Crippen LogP contribution in [-0.2, 0) is 5.41 Å². The molecule has 0 bridgehead atoms. The van der Waals surface area contributed by atoms with Gasteiger partial charge in [0.15, 0.2) is 5.82 Å². The van der Waals surface area contributed by atoms with Gasteiger partial charge in [-0.25, -0.2) is 9.97 Å². The first-order valence-electron chi connectivity index (χ1n) is 20.0. The first kappa shape index (κ1) is 32.8. The first-order valence-corrected chi connectivity index (χ1v) is 20.0. The third kappa shape index (κ3) is 5.32. The van der Waals surface area contributed by atoms with E-state index in [2.05, 4.69) is 182 Å². The molecule has 1 heterocycles. The van der Waals surface area contributed by atoms with Crippen molar-refractivity contribution in [1.82, 2.24) is 9.97 Å². The zero-order chi connectivity index (χ0) is 37.1. The summed E-state index contributed by atoms with van der Waals surface area (Å²) >= 11 is 0. The van der Waals surface area contributed by atoms with Crippen molar-refractivity contribution >= 4 is 21.5 Å². The zero-order valence-corrected chi connectivity index (χ0v) is 31.3. The monoisotopic (exact) mass is 716 g/mol. The second-order valence-electron chi connectivity index (χ2n) is 15.6. The van der Waals surface area contributed by atoms with Gasteiger partial charge in [-0.3, -0.25) is 0 Å². The molecule has 0 atom stereocenters. The second-order valence-corrected chi connectivity index (χ2v) is 15.6. The van der Waals surface area contributed by atoms with Crippen LogP contribution in [0.4, 0.5) is 0 Å². The first-order chi connectivity index (χ1) is 27.7. The van der Waals surface area contributed by atoms with Crippen LogP contribution in [0.25, 0.3) is 88.8 Å². The molecular formula is C54H40N2. The Morgan fingerprint density at radius 3 is 1.80 bits per heavy atom. The van der Waals surface area contributed by atoms with Gasteiger partial charge in [0.25, 0.3) is 0 Å². The molecule has 11 rings (SSSR count). The van der Waals surface area contributed by atoms with Crippen LogP contribution in [0.3, 0.4) is 0 Å². The summed E-state index contributed by atoms with van der Waals surface area (Å²) in [6, 6.07) is 66.4.